The third-order valence-electron chi connectivity index (χ3n) is 2.71. The van der Waals surface area contributed by atoms with Crippen molar-refractivity contribution in [3.05, 3.63) is 57.6 Å². The van der Waals surface area contributed by atoms with E-state index in [-0.39, 0.29) is 0 Å². The lowest BCUT2D eigenvalue weighted by Gasteiger charge is -2.13. The molecular weight excluding hydrogens is 299 g/mol. The zero-order chi connectivity index (χ0) is 14.0. The summed E-state index contributed by atoms with van der Waals surface area (Å²) in [7, 11) is 0. The van der Waals surface area contributed by atoms with Gasteiger partial charge in [-0.1, -0.05) is 47.6 Å². The van der Waals surface area contributed by atoms with Crippen molar-refractivity contribution >= 4 is 51.8 Å². The van der Waals surface area contributed by atoms with E-state index in [0.717, 1.165) is 22.5 Å². The first-order chi connectivity index (χ1) is 8.99. The largest absolute Gasteiger partial charge is 0.389 e. The van der Waals surface area contributed by atoms with Crippen molar-refractivity contribution in [1.82, 2.24) is 0 Å². The Morgan fingerprint density at radius 2 is 1.79 bits per heavy atom. The highest BCUT2D eigenvalue weighted by atomic mass is 35.5. The van der Waals surface area contributed by atoms with Crippen LogP contribution in [0.2, 0.25) is 10.0 Å². The molecule has 2 aromatic carbocycles. The number of hydrogen-bond acceptors (Lipinski definition) is 2. The van der Waals surface area contributed by atoms with E-state index in [1.165, 1.54) is 0 Å². The number of hydrogen-bond donors (Lipinski definition) is 2. The van der Waals surface area contributed by atoms with Crippen LogP contribution in [0, 0.1) is 6.92 Å². The molecule has 3 N–H and O–H groups in total. The second-order valence-electron chi connectivity index (χ2n) is 4.12. The highest BCUT2D eigenvalue weighted by Crippen LogP contribution is 2.32. The van der Waals surface area contributed by atoms with Crippen LogP contribution in [0.15, 0.2) is 36.4 Å². The second-order valence-corrected chi connectivity index (χ2v) is 5.37. The minimum absolute atomic E-state index is 0.331. The highest BCUT2D eigenvalue weighted by Gasteiger charge is 2.08. The fourth-order valence-corrected chi connectivity index (χ4v) is 2.30. The minimum atomic E-state index is 0.331. The van der Waals surface area contributed by atoms with Crippen molar-refractivity contribution in [2.45, 2.75) is 6.92 Å². The molecule has 5 heteroatoms. The van der Waals surface area contributed by atoms with Crippen molar-refractivity contribution in [1.29, 1.82) is 0 Å². The van der Waals surface area contributed by atoms with E-state index >= 15 is 0 Å². The van der Waals surface area contributed by atoms with E-state index in [2.05, 4.69) is 5.32 Å². The monoisotopic (exact) mass is 310 g/mol. The van der Waals surface area contributed by atoms with Crippen molar-refractivity contribution in [3.63, 3.8) is 0 Å². The summed E-state index contributed by atoms with van der Waals surface area (Å²) < 4.78 is 0. The first kappa shape index (κ1) is 14.1. The number of para-hydroxylation sites is 1. The molecule has 0 saturated heterocycles. The second kappa shape index (κ2) is 5.78. The van der Waals surface area contributed by atoms with Crippen LogP contribution in [0.5, 0.6) is 0 Å². The van der Waals surface area contributed by atoms with Gasteiger partial charge in [-0.25, -0.2) is 0 Å². The van der Waals surface area contributed by atoms with Crippen molar-refractivity contribution < 1.29 is 0 Å². The Balaban J connectivity index is 2.42. The molecule has 0 aromatic heterocycles. The van der Waals surface area contributed by atoms with Crippen LogP contribution in [0.3, 0.4) is 0 Å². The molecule has 19 heavy (non-hydrogen) atoms. The molecule has 0 unspecified atom stereocenters. The molecule has 0 aliphatic rings. The maximum Gasteiger partial charge on any atom is 0.106 e. The van der Waals surface area contributed by atoms with Crippen LogP contribution in [0.4, 0.5) is 11.4 Å². The number of anilines is 2. The van der Waals surface area contributed by atoms with Crippen LogP contribution < -0.4 is 11.1 Å². The molecule has 0 radical (unpaired) electrons. The molecule has 2 aromatic rings. The van der Waals surface area contributed by atoms with E-state index in [4.69, 9.17) is 41.2 Å². The third kappa shape index (κ3) is 3.18. The Labute approximate surface area is 127 Å². The van der Waals surface area contributed by atoms with Crippen LogP contribution in [-0.2, 0) is 0 Å². The van der Waals surface area contributed by atoms with Gasteiger partial charge in [0.25, 0.3) is 0 Å². The van der Waals surface area contributed by atoms with Crippen LogP contribution in [0.25, 0.3) is 0 Å². The van der Waals surface area contributed by atoms with Gasteiger partial charge < -0.3 is 11.1 Å². The maximum absolute atomic E-state index is 6.20. The lowest BCUT2D eigenvalue weighted by Crippen LogP contribution is -2.11. The molecule has 0 atom stereocenters. The highest BCUT2D eigenvalue weighted by molar-refractivity contribution is 7.80. The van der Waals surface area contributed by atoms with Gasteiger partial charge in [0.05, 0.1) is 10.7 Å². The van der Waals surface area contributed by atoms with Crippen LogP contribution in [-0.4, -0.2) is 4.99 Å². The zero-order valence-electron chi connectivity index (χ0n) is 10.2. The SMILES string of the molecule is Cc1cc(Cl)c(Nc2ccccc2C(N)=S)cc1Cl. The Hall–Kier alpha value is -1.29. The molecule has 0 aliphatic heterocycles. The number of nitrogens with two attached hydrogens (primary N) is 1. The molecule has 0 bridgehead atoms. The van der Waals surface area contributed by atoms with Crippen molar-refractivity contribution in [2.75, 3.05) is 5.32 Å². The van der Waals surface area contributed by atoms with E-state index in [0.29, 0.717) is 15.0 Å². The first-order valence-electron chi connectivity index (χ1n) is 5.60. The van der Waals surface area contributed by atoms with Gasteiger partial charge >= 0.3 is 0 Å². The van der Waals surface area contributed by atoms with Gasteiger partial charge in [-0.2, -0.15) is 0 Å². The van der Waals surface area contributed by atoms with Crippen LogP contribution in [0.1, 0.15) is 11.1 Å². The van der Waals surface area contributed by atoms with Gasteiger partial charge in [0.1, 0.15) is 4.99 Å². The smallest absolute Gasteiger partial charge is 0.106 e. The summed E-state index contributed by atoms with van der Waals surface area (Å²) in [6.45, 7) is 1.90. The maximum atomic E-state index is 6.20. The van der Waals surface area contributed by atoms with E-state index in [1.54, 1.807) is 6.07 Å². The Kier molecular flexibility index (Phi) is 4.30. The van der Waals surface area contributed by atoms with Gasteiger partial charge in [0, 0.05) is 16.3 Å². The van der Waals surface area contributed by atoms with E-state index in [1.807, 2.05) is 37.3 Å². The number of thiocarbonyl (C=S) groups is 1. The topological polar surface area (TPSA) is 38.0 Å². The van der Waals surface area contributed by atoms with Gasteiger partial charge in [-0.05, 0) is 36.8 Å². The number of benzene rings is 2. The summed E-state index contributed by atoms with van der Waals surface area (Å²) in [6.07, 6.45) is 0. The normalized spacial score (nSPS) is 10.3. The van der Waals surface area contributed by atoms with Gasteiger partial charge in [-0.15, -0.1) is 0 Å². The predicted octanol–water partition coefficient (Wildman–Crippen LogP) is 4.68. The molecule has 2 rings (SSSR count). The molecule has 0 amide bonds. The molecule has 0 saturated carbocycles. The number of aryl methyl sites for hydroxylation is 1. The molecular formula is C14H12Cl2N2S. The van der Waals surface area contributed by atoms with Gasteiger partial charge in [-0.3, -0.25) is 0 Å². The fraction of sp³-hybridized carbons (Fsp3) is 0.0714. The fourth-order valence-electron chi connectivity index (χ4n) is 1.69. The standard InChI is InChI=1S/C14H12Cl2N2S/c1-8-6-11(16)13(7-10(8)15)18-12-5-3-2-4-9(12)14(17)19/h2-7,18H,1H3,(H2,17,19). The van der Waals surface area contributed by atoms with Crippen molar-refractivity contribution in [3.8, 4) is 0 Å². The zero-order valence-corrected chi connectivity index (χ0v) is 12.5. The summed E-state index contributed by atoms with van der Waals surface area (Å²) >= 11 is 17.3. The van der Waals surface area contributed by atoms with Crippen molar-refractivity contribution in [2.24, 2.45) is 5.73 Å². The minimum Gasteiger partial charge on any atom is -0.389 e. The quantitative estimate of drug-likeness (QED) is 0.808. The average Bonchev–Trinajstić information content (AvgIpc) is 2.36. The molecule has 0 spiro atoms. The molecule has 0 heterocycles. The summed E-state index contributed by atoms with van der Waals surface area (Å²) in [5, 5.41) is 4.46. The van der Waals surface area contributed by atoms with E-state index < -0.39 is 0 Å². The lowest BCUT2D eigenvalue weighted by molar-refractivity contribution is 1.45. The summed E-state index contributed by atoms with van der Waals surface area (Å²) in [6, 6.07) is 11.1. The van der Waals surface area contributed by atoms with Gasteiger partial charge in [0.15, 0.2) is 0 Å². The molecule has 2 nitrogen and oxygen atoms in total. The number of halogens is 2. The van der Waals surface area contributed by atoms with Crippen LogP contribution >= 0.6 is 35.4 Å². The summed E-state index contributed by atoms with van der Waals surface area (Å²) in [5.41, 5.74) is 8.92. The van der Waals surface area contributed by atoms with Gasteiger partial charge in [0.2, 0.25) is 0 Å². The summed E-state index contributed by atoms with van der Waals surface area (Å²) in [4.78, 5) is 0.331. The first-order valence-corrected chi connectivity index (χ1v) is 6.77. The molecule has 98 valence electrons. The summed E-state index contributed by atoms with van der Waals surface area (Å²) in [5.74, 6) is 0. The number of rotatable bonds is 3. The number of nitrogens with one attached hydrogen (secondary N) is 1. The van der Waals surface area contributed by atoms with E-state index in [9.17, 15) is 0 Å². The Morgan fingerprint density at radius 1 is 1.11 bits per heavy atom. The Bertz CT molecular complexity index is 641. The third-order valence-corrected chi connectivity index (χ3v) is 3.65. The predicted molar refractivity (Wildman–Crippen MR) is 86.8 cm³/mol. The molecule has 0 fully saturated rings. The lowest BCUT2D eigenvalue weighted by atomic mass is 10.1. The average molecular weight is 311 g/mol. The Morgan fingerprint density at radius 3 is 2.47 bits per heavy atom. The molecule has 0 aliphatic carbocycles.